The summed E-state index contributed by atoms with van der Waals surface area (Å²) in [5.41, 5.74) is 0.362. The van der Waals surface area contributed by atoms with Crippen molar-refractivity contribution in [1.82, 2.24) is 9.80 Å². The summed E-state index contributed by atoms with van der Waals surface area (Å²) < 4.78 is 12.6. The summed E-state index contributed by atoms with van der Waals surface area (Å²) in [6.45, 7) is 2.30. The van der Waals surface area contributed by atoms with E-state index in [1.165, 1.54) is 12.8 Å². The van der Waals surface area contributed by atoms with E-state index in [0.29, 0.717) is 25.1 Å². The van der Waals surface area contributed by atoms with Gasteiger partial charge in [-0.2, -0.15) is 0 Å². The average molecular weight is 503 g/mol. The highest BCUT2D eigenvalue weighted by molar-refractivity contribution is 5.87. The van der Waals surface area contributed by atoms with Gasteiger partial charge in [-0.05, 0) is 68.2 Å². The van der Waals surface area contributed by atoms with Crippen LogP contribution in [0.1, 0.15) is 48.8 Å². The molecule has 0 aromatic heterocycles. The molecule has 0 radical (unpaired) electrons. The number of aromatic hydroxyl groups is 1. The second-order valence-electron chi connectivity index (χ2n) is 12.2. The Bertz CT molecular complexity index is 1300. The van der Waals surface area contributed by atoms with Crippen molar-refractivity contribution >= 4 is 5.91 Å². The molecule has 0 spiro atoms. The third kappa shape index (κ3) is 2.60. The fraction of sp³-hybridized carbons (Fsp3) is 0.567. The standard InChI is InChI=1S/C30H34N2O5/c1-36-21-10-9-20-15-22-29-11-12-30(35)26(25(37-29)27(34)32(30)17-18-5-3-2-4-6-18)28(29,23(20)24(21)33)13-14-31(22)16-19-7-8-19/h2-6,9-10,19,22,25-26,33,35H,7-8,11-17H2,1H3/t22-,25+,26+,28+,29+,30?/m1/s1. The Kier molecular flexibility index (Phi) is 4.40. The number of aliphatic hydroxyl groups is 1. The van der Waals surface area contributed by atoms with Gasteiger partial charge in [-0.1, -0.05) is 36.4 Å². The number of benzene rings is 2. The maximum Gasteiger partial charge on any atom is 0.254 e. The lowest BCUT2D eigenvalue weighted by atomic mass is 9.45. The number of amides is 1. The molecule has 4 bridgehead atoms. The predicted molar refractivity (Wildman–Crippen MR) is 135 cm³/mol. The third-order valence-corrected chi connectivity index (χ3v) is 10.7. The van der Waals surface area contributed by atoms with Crippen LogP contribution in [0.3, 0.4) is 0 Å². The summed E-state index contributed by atoms with van der Waals surface area (Å²) in [6, 6.07) is 13.9. The number of nitrogens with zero attached hydrogens (tertiary/aromatic N) is 2. The number of methoxy groups -OCH3 is 1. The molecule has 2 aromatic rings. The van der Waals surface area contributed by atoms with E-state index in [9.17, 15) is 15.0 Å². The Morgan fingerprint density at radius 3 is 2.68 bits per heavy atom. The molecular weight excluding hydrogens is 468 g/mol. The highest BCUT2D eigenvalue weighted by Gasteiger charge is 2.83. The number of rotatable bonds is 5. The second kappa shape index (κ2) is 7.28. The van der Waals surface area contributed by atoms with Gasteiger partial charge in [0.1, 0.15) is 11.8 Å². The summed E-state index contributed by atoms with van der Waals surface area (Å²) in [5, 5.41) is 24.1. The molecule has 3 saturated heterocycles. The molecule has 8 rings (SSSR count). The van der Waals surface area contributed by atoms with Crippen molar-refractivity contribution in [3.05, 3.63) is 59.2 Å². The molecule has 2 saturated carbocycles. The molecule has 2 aromatic carbocycles. The molecule has 3 aliphatic heterocycles. The summed E-state index contributed by atoms with van der Waals surface area (Å²) in [6.07, 6.45) is 4.54. The number of likely N-dealkylation sites (tertiary alicyclic amines) is 2. The first kappa shape index (κ1) is 22.4. The lowest BCUT2D eigenvalue weighted by Gasteiger charge is -2.66. The molecule has 1 unspecified atom stereocenters. The minimum atomic E-state index is -1.33. The lowest BCUT2D eigenvalue weighted by Crippen LogP contribution is -2.76. The SMILES string of the molecule is COc1ccc2c(c1O)[C@]13CCN(CC4CC4)[C@H](C2)[C@@]12CCC1(O)[C@H]3[C@H](O2)C(=O)N1Cc1ccccc1. The Morgan fingerprint density at radius 1 is 1.11 bits per heavy atom. The van der Waals surface area contributed by atoms with Gasteiger partial charge in [-0.15, -0.1) is 0 Å². The zero-order valence-corrected chi connectivity index (χ0v) is 21.2. The third-order valence-electron chi connectivity index (χ3n) is 10.7. The largest absolute Gasteiger partial charge is 0.504 e. The van der Waals surface area contributed by atoms with E-state index in [2.05, 4.69) is 11.0 Å². The van der Waals surface area contributed by atoms with Crippen molar-refractivity contribution in [2.24, 2.45) is 11.8 Å². The number of carbonyl (C=O) groups excluding carboxylic acids is 1. The van der Waals surface area contributed by atoms with E-state index >= 15 is 0 Å². The Balaban J connectivity index is 1.32. The van der Waals surface area contributed by atoms with Crippen LogP contribution in [0.4, 0.5) is 0 Å². The molecule has 194 valence electrons. The van der Waals surface area contributed by atoms with Crippen LogP contribution in [0.2, 0.25) is 0 Å². The van der Waals surface area contributed by atoms with Crippen molar-refractivity contribution < 1.29 is 24.5 Å². The first-order chi connectivity index (χ1) is 17.9. The molecule has 7 nitrogen and oxygen atoms in total. The summed E-state index contributed by atoms with van der Waals surface area (Å²) in [7, 11) is 1.58. The Morgan fingerprint density at radius 2 is 1.92 bits per heavy atom. The fourth-order valence-electron chi connectivity index (χ4n) is 9.16. The van der Waals surface area contributed by atoms with Gasteiger partial charge in [-0.3, -0.25) is 9.69 Å². The van der Waals surface area contributed by atoms with Crippen LogP contribution in [-0.2, 0) is 27.9 Å². The Hall–Kier alpha value is -2.61. The molecule has 1 amide bonds. The van der Waals surface area contributed by atoms with E-state index in [1.54, 1.807) is 12.0 Å². The average Bonchev–Trinajstić information content (AvgIpc) is 3.64. The van der Waals surface area contributed by atoms with Gasteiger partial charge < -0.3 is 24.6 Å². The minimum Gasteiger partial charge on any atom is -0.504 e. The molecular formula is C30H34N2O5. The number of fused-ring (bicyclic) bond motifs is 1. The van der Waals surface area contributed by atoms with Crippen molar-refractivity contribution in [3.8, 4) is 11.5 Å². The maximum absolute atomic E-state index is 14.0. The topological polar surface area (TPSA) is 82.5 Å². The van der Waals surface area contributed by atoms with Gasteiger partial charge >= 0.3 is 0 Å². The Labute approximate surface area is 217 Å². The lowest BCUT2D eigenvalue weighted by molar-refractivity contribution is -0.224. The summed E-state index contributed by atoms with van der Waals surface area (Å²) >= 11 is 0. The minimum absolute atomic E-state index is 0.123. The van der Waals surface area contributed by atoms with Crippen LogP contribution in [0.15, 0.2) is 42.5 Å². The maximum atomic E-state index is 14.0. The number of hydrogen-bond acceptors (Lipinski definition) is 6. The van der Waals surface area contributed by atoms with Gasteiger partial charge in [0.15, 0.2) is 11.5 Å². The van der Waals surface area contributed by atoms with E-state index in [-0.39, 0.29) is 17.7 Å². The predicted octanol–water partition coefficient (Wildman–Crippen LogP) is 2.96. The van der Waals surface area contributed by atoms with Gasteiger partial charge in [0.05, 0.1) is 18.6 Å². The van der Waals surface area contributed by atoms with Crippen molar-refractivity contribution in [3.63, 3.8) is 0 Å². The summed E-state index contributed by atoms with van der Waals surface area (Å²) in [5.74, 6) is 0.786. The van der Waals surface area contributed by atoms with E-state index in [4.69, 9.17) is 9.47 Å². The number of hydrogen-bond donors (Lipinski definition) is 2. The van der Waals surface area contributed by atoms with Crippen LogP contribution in [0.5, 0.6) is 11.5 Å². The number of carbonyl (C=O) groups is 1. The molecule has 2 N–H and O–H groups in total. The molecule has 3 heterocycles. The molecule has 5 fully saturated rings. The van der Waals surface area contributed by atoms with Crippen molar-refractivity contribution in [2.75, 3.05) is 20.2 Å². The smallest absolute Gasteiger partial charge is 0.254 e. The normalized spacial score (nSPS) is 39.5. The van der Waals surface area contributed by atoms with Crippen LogP contribution in [0, 0.1) is 11.8 Å². The van der Waals surface area contributed by atoms with Crippen molar-refractivity contribution in [1.29, 1.82) is 0 Å². The first-order valence-electron chi connectivity index (χ1n) is 13.8. The molecule has 6 atom stereocenters. The zero-order valence-electron chi connectivity index (χ0n) is 21.2. The molecule has 37 heavy (non-hydrogen) atoms. The summed E-state index contributed by atoms with van der Waals surface area (Å²) in [4.78, 5) is 18.3. The van der Waals surface area contributed by atoms with Crippen LogP contribution in [0.25, 0.3) is 0 Å². The fourth-order valence-corrected chi connectivity index (χ4v) is 9.16. The second-order valence-corrected chi connectivity index (χ2v) is 12.2. The number of piperidine rings is 1. The first-order valence-corrected chi connectivity index (χ1v) is 13.8. The molecule has 6 aliphatic rings. The van der Waals surface area contributed by atoms with Crippen LogP contribution in [-0.4, -0.2) is 69.6 Å². The van der Waals surface area contributed by atoms with Crippen molar-refractivity contribution in [2.45, 2.75) is 74.0 Å². The zero-order chi connectivity index (χ0) is 25.2. The van der Waals surface area contributed by atoms with Crippen LogP contribution < -0.4 is 4.74 Å². The van der Waals surface area contributed by atoms with E-state index in [0.717, 1.165) is 48.5 Å². The highest BCUT2D eigenvalue weighted by atomic mass is 16.5. The quantitative estimate of drug-likeness (QED) is 0.654. The number of phenolic OH excluding ortho intramolecular Hbond substituents is 1. The molecule has 7 heteroatoms. The number of ether oxygens (including phenoxy) is 2. The van der Waals surface area contributed by atoms with E-state index in [1.807, 2.05) is 36.4 Å². The molecule has 3 aliphatic carbocycles. The van der Waals surface area contributed by atoms with Gasteiger partial charge in [0, 0.05) is 30.1 Å². The number of phenols is 1. The van der Waals surface area contributed by atoms with Crippen LogP contribution >= 0.6 is 0 Å². The van der Waals surface area contributed by atoms with Gasteiger partial charge in [0.25, 0.3) is 5.91 Å². The van der Waals surface area contributed by atoms with Gasteiger partial charge in [0.2, 0.25) is 0 Å². The monoisotopic (exact) mass is 502 g/mol. The van der Waals surface area contributed by atoms with Gasteiger partial charge in [-0.25, -0.2) is 0 Å². The highest BCUT2D eigenvalue weighted by Crippen LogP contribution is 2.73. The van der Waals surface area contributed by atoms with E-state index < -0.39 is 28.8 Å².